The van der Waals surface area contributed by atoms with Gasteiger partial charge in [-0.25, -0.2) is 4.98 Å². The molecule has 0 aliphatic carbocycles. The van der Waals surface area contributed by atoms with E-state index in [9.17, 15) is 0 Å². The first-order valence-corrected chi connectivity index (χ1v) is 7.61. The second-order valence-corrected chi connectivity index (χ2v) is 6.94. The van der Waals surface area contributed by atoms with Crippen LogP contribution in [0.1, 0.15) is 52.8 Å². The van der Waals surface area contributed by atoms with Crippen LogP contribution in [0, 0.1) is 5.92 Å². The van der Waals surface area contributed by atoms with E-state index in [-0.39, 0.29) is 17.2 Å². The summed E-state index contributed by atoms with van der Waals surface area (Å²) in [4.78, 5) is 4.49. The van der Waals surface area contributed by atoms with Crippen LogP contribution in [0.5, 0.6) is 0 Å². The van der Waals surface area contributed by atoms with Crippen LogP contribution < -0.4 is 5.32 Å². The molecule has 0 aromatic carbocycles. The van der Waals surface area contributed by atoms with Crippen molar-refractivity contribution in [2.75, 3.05) is 6.54 Å². The minimum atomic E-state index is -0.111. The van der Waals surface area contributed by atoms with Gasteiger partial charge in [0.2, 0.25) is 0 Å². The molecule has 1 saturated heterocycles. The van der Waals surface area contributed by atoms with Crippen molar-refractivity contribution in [2.45, 2.75) is 58.3 Å². The molecule has 2 atom stereocenters. The smallest absolute Gasteiger partial charge is 0.0795 e. The molecule has 1 aliphatic heterocycles. The van der Waals surface area contributed by atoms with E-state index in [1.807, 2.05) is 5.51 Å². The Kier molecular flexibility index (Phi) is 3.81. The summed E-state index contributed by atoms with van der Waals surface area (Å²) < 4.78 is 6.21. The maximum Gasteiger partial charge on any atom is 0.0795 e. The third-order valence-electron chi connectivity index (χ3n) is 3.74. The van der Waals surface area contributed by atoms with Crippen molar-refractivity contribution >= 4 is 11.3 Å². The van der Waals surface area contributed by atoms with Crippen molar-refractivity contribution in [3.63, 3.8) is 0 Å². The first kappa shape index (κ1) is 14.0. The zero-order chi connectivity index (χ0) is 13.4. The van der Waals surface area contributed by atoms with E-state index in [1.165, 1.54) is 0 Å². The predicted molar refractivity (Wildman–Crippen MR) is 75.9 cm³/mol. The highest BCUT2D eigenvalue weighted by Gasteiger charge is 2.49. The summed E-state index contributed by atoms with van der Waals surface area (Å²) in [5.74, 6) is 0.453. The monoisotopic (exact) mass is 268 g/mol. The van der Waals surface area contributed by atoms with E-state index < -0.39 is 0 Å². The average molecular weight is 268 g/mol. The fourth-order valence-electron chi connectivity index (χ4n) is 3.17. The maximum absolute atomic E-state index is 6.21. The molecule has 2 heterocycles. The number of ether oxygens (including phenoxy) is 1. The highest BCUT2D eigenvalue weighted by Crippen LogP contribution is 2.47. The van der Waals surface area contributed by atoms with Gasteiger partial charge in [-0.05, 0) is 40.7 Å². The largest absolute Gasteiger partial charge is 0.369 e. The molecule has 1 aliphatic rings. The molecule has 4 heteroatoms. The van der Waals surface area contributed by atoms with Crippen LogP contribution in [0.4, 0.5) is 0 Å². The molecule has 0 amide bonds. The lowest BCUT2D eigenvalue weighted by Gasteiger charge is -2.32. The van der Waals surface area contributed by atoms with E-state index in [2.05, 4.69) is 50.3 Å². The summed E-state index contributed by atoms with van der Waals surface area (Å²) in [6.45, 7) is 11.9. The highest BCUT2D eigenvalue weighted by molar-refractivity contribution is 7.07. The highest BCUT2D eigenvalue weighted by atomic mass is 32.1. The Bertz CT molecular complexity index is 387. The lowest BCUT2D eigenvalue weighted by molar-refractivity contribution is -0.0779. The molecule has 3 nitrogen and oxygen atoms in total. The van der Waals surface area contributed by atoms with Gasteiger partial charge in [0.15, 0.2) is 0 Å². The van der Waals surface area contributed by atoms with Crippen LogP contribution in [0.2, 0.25) is 0 Å². The molecule has 1 aromatic rings. The SMILES string of the molecule is CCNC(c1cscn1)C1CC(C)(C)OC1(C)C. The van der Waals surface area contributed by atoms with Gasteiger partial charge < -0.3 is 10.1 Å². The summed E-state index contributed by atoms with van der Waals surface area (Å²) in [6, 6.07) is 0.290. The molecule has 102 valence electrons. The summed E-state index contributed by atoms with van der Waals surface area (Å²) in [5.41, 5.74) is 2.91. The number of thiazole rings is 1. The van der Waals surface area contributed by atoms with E-state index in [0.29, 0.717) is 5.92 Å². The second-order valence-electron chi connectivity index (χ2n) is 6.22. The molecular weight excluding hydrogens is 244 g/mol. The number of rotatable bonds is 4. The summed E-state index contributed by atoms with van der Waals surface area (Å²) >= 11 is 1.66. The summed E-state index contributed by atoms with van der Waals surface area (Å²) in [6.07, 6.45) is 1.06. The van der Waals surface area contributed by atoms with Gasteiger partial charge in [-0.1, -0.05) is 6.92 Å². The van der Waals surface area contributed by atoms with Crippen LogP contribution >= 0.6 is 11.3 Å². The molecule has 0 spiro atoms. The second kappa shape index (κ2) is 4.91. The van der Waals surface area contributed by atoms with Gasteiger partial charge in [-0.15, -0.1) is 11.3 Å². The van der Waals surface area contributed by atoms with Crippen molar-refractivity contribution in [3.05, 3.63) is 16.6 Å². The van der Waals surface area contributed by atoms with Gasteiger partial charge >= 0.3 is 0 Å². The lowest BCUT2D eigenvalue weighted by atomic mass is 9.80. The van der Waals surface area contributed by atoms with Crippen molar-refractivity contribution in [3.8, 4) is 0 Å². The standard InChI is InChI=1S/C14H24N2OS/c1-6-15-12(11-8-18-9-16-11)10-7-13(2,3)17-14(10,4)5/h8-10,12,15H,6-7H2,1-5H3. The minimum absolute atomic E-state index is 0.0438. The Morgan fingerprint density at radius 1 is 1.50 bits per heavy atom. The molecule has 18 heavy (non-hydrogen) atoms. The lowest BCUT2D eigenvalue weighted by Crippen LogP contribution is -2.38. The Labute approximate surface area is 114 Å². The Hall–Kier alpha value is -0.450. The van der Waals surface area contributed by atoms with Gasteiger partial charge in [0, 0.05) is 11.3 Å². The normalized spacial score (nSPS) is 27.3. The quantitative estimate of drug-likeness (QED) is 0.909. The predicted octanol–water partition coefficient (Wildman–Crippen LogP) is 3.39. The first-order valence-electron chi connectivity index (χ1n) is 6.67. The van der Waals surface area contributed by atoms with Crippen LogP contribution in [0.25, 0.3) is 0 Å². The third-order valence-corrected chi connectivity index (χ3v) is 4.34. The first-order chi connectivity index (χ1) is 8.36. The van der Waals surface area contributed by atoms with Gasteiger partial charge in [0.1, 0.15) is 0 Å². The Balaban J connectivity index is 2.26. The van der Waals surface area contributed by atoms with Crippen LogP contribution in [0.15, 0.2) is 10.9 Å². The Morgan fingerprint density at radius 3 is 2.67 bits per heavy atom. The third kappa shape index (κ3) is 2.76. The van der Waals surface area contributed by atoms with Gasteiger partial charge in [-0.2, -0.15) is 0 Å². The van der Waals surface area contributed by atoms with Gasteiger partial charge in [0.05, 0.1) is 28.4 Å². The molecular formula is C14H24N2OS. The fourth-order valence-corrected chi connectivity index (χ4v) is 3.76. The van der Waals surface area contributed by atoms with E-state index in [0.717, 1.165) is 18.7 Å². The molecule has 2 unspecified atom stereocenters. The van der Waals surface area contributed by atoms with Crippen LogP contribution in [-0.4, -0.2) is 22.7 Å². The maximum atomic E-state index is 6.21. The summed E-state index contributed by atoms with van der Waals surface area (Å²) in [7, 11) is 0. The number of aromatic nitrogens is 1. The van der Waals surface area contributed by atoms with E-state index in [4.69, 9.17) is 4.74 Å². The molecule has 0 radical (unpaired) electrons. The van der Waals surface area contributed by atoms with Crippen molar-refractivity contribution < 1.29 is 4.74 Å². The van der Waals surface area contributed by atoms with E-state index >= 15 is 0 Å². The number of nitrogens with zero attached hydrogens (tertiary/aromatic N) is 1. The van der Waals surface area contributed by atoms with Gasteiger partial charge in [0.25, 0.3) is 0 Å². The minimum Gasteiger partial charge on any atom is -0.369 e. The fraction of sp³-hybridized carbons (Fsp3) is 0.786. The summed E-state index contributed by atoms with van der Waals surface area (Å²) in [5, 5.41) is 5.73. The molecule has 2 rings (SSSR count). The molecule has 0 saturated carbocycles. The number of nitrogens with one attached hydrogen (secondary N) is 1. The molecule has 1 N–H and O–H groups in total. The van der Waals surface area contributed by atoms with Crippen LogP contribution in [-0.2, 0) is 4.74 Å². The Morgan fingerprint density at radius 2 is 2.22 bits per heavy atom. The topological polar surface area (TPSA) is 34.2 Å². The zero-order valence-corrected chi connectivity index (χ0v) is 12.8. The zero-order valence-electron chi connectivity index (χ0n) is 12.0. The molecule has 1 aromatic heterocycles. The number of hydrogen-bond donors (Lipinski definition) is 1. The van der Waals surface area contributed by atoms with Crippen molar-refractivity contribution in [1.29, 1.82) is 0 Å². The molecule has 1 fully saturated rings. The van der Waals surface area contributed by atoms with Gasteiger partial charge in [-0.3, -0.25) is 0 Å². The number of hydrogen-bond acceptors (Lipinski definition) is 4. The van der Waals surface area contributed by atoms with Crippen molar-refractivity contribution in [1.82, 2.24) is 10.3 Å². The van der Waals surface area contributed by atoms with Crippen molar-refractivity contribution in [2.24, 2.45) is 5.92 Å². The average Bonchev–Trinajstić information content (AvgIpc) is 2.80. The molecule has 0 bridgehead atoms. The van der Waals surface area contributed by atoms with Crippen LogP contribution in [0.3, 0.4) is 0 Å². The van der Waals surface area contributed by atoms with E-state index in [1.54, 1.807) is 11.3 Å².